The van der Waals surface area contributed by atoms with Crippen molar-refractivity contribution in [3.8, 4) is 0 Å². The molecule has 0 unspecified atom stereocenters. The lowest BCUT2D eigenvalue weighted by molar-refractivity contribution is -0.115. The standard InChI is InChI=1S/C19H22N4O4/c1-19(2,3)27-18(26)21-12-16(24)22-14-4-6-15(7-5-14)23-17(25)13-8-10-20-11-9-13/h4-11H,12H2,1-3H3,(H,21,26)(H,22,24)(H,23,25). The lowest BCUT2D eigenvalue weighted by Gasteiger charge is -2.19. The number of hydrogen-bond acceptors (Lipinski definition) is 5. The van der Waals surface area contributed by atoms with E-state index in [2.05, 4.69) is 20.9 Å². The molecule has 1 aromatic carbocycles. The minimum absolute atomic E-state index is 0.213. The molecule has 0 radical (unpaired) electrons. The third kappa shape index (κ3) is 7.15. The van der Waals surface area contributed by atoms with Gasteiger partial charge >= 0.3 is 6.09 Å². The van der Waals surface area contributed by atoms with E-state index in [4.69, 9.17) is 4.74 Å². The van der Waals surface area contributed by atoms with E-state index in [1.165, 1.54) is 0 Å². The number of alkyl carbamates (subject to hydrolysis) is 1. The number of aromatic nitrogens is 1. The molecule has 0 fully saturated rings. The molecule has 8 nitrogen and oxygen atoms in total. The Morgan fingerprint density at radius 3 is 2.04 bits per heavy atom. The molecule has 3 N–H and O–H groups in total. The normalized spacial score (nSPS) is 10.6. The van der Waals surface area contributed by atoms with Crippen molar-refractivity contribution in [1.29, 1.82) is 0 Å². The van der Waals surface area contributed by atoms with Gasteiger partial charge in [0.05, 0.1) is 0 Å². The number of amides is 3. The van der Waals surface area contributed by atoms with Gasteiger partial charge in [0, 0.05) is 29.3 Å². The number of benzene rings is 1. The van der Waals surface area contributed by atoms with Crippen molar-refractivity contribution >= 4 is 29.3 Å². The molecule has 0 saturated heterocycles. The van der Waals surface area contributed by atoms with Gasteiger partial charge in [-0.3, -0.25) is 14.6 Å². The Morgan fingerprint density at radius 1 is 0.926 bits per heavy atom. The van der Waals surface area contributed by atoms with Crippen molar-refractivity contribution in [1.82, 2.24) is 10.3 Å². The number of ether oxygens (including phenoxy) is 1. The predicted octanol–water partition coefficient (Wildman–Crippen LogP) is 2.80. The summed E-state index contributed by atoms with van der Waals surface area (Å²) in [7, 11) is 0. The van der Waals surface area contributed by atoms with E-state index in [0.29, 0.717) is 16.9 Å². The van der Waals surface area contributed by atoms with Crippen molar-refractivity contribution in [2.75, 3.05) is 17.2 Å². The van der Waals surface area contributed by atoms with Crippen LogP contribution in [0.1, 0.15) is 31.1 Å². The maximum Gasteiger partial charge on any atom is 0.408 e. The number of hydrogen-bond donors (Lipinski definition) is 3. The van der Waals surface area contributed by atoms with Gasteiger partial charge in [0.15, 0.2) is 0 Å². The molecule has 1 aromatic heterocycles. The fraction of sp³-hybridized carbons (Fsp3) is 0.263. The minimum atomic E-state index is -0.660. The number of anilines is 2. The van der Waals surface area contributed by atoms with E-state index in [1.54, 1.807) is 69.6 Å². The molecule has 0 aliphatic carbocycles. The summed E-state index contributed by atoms with van der Waals surface area (Å²) in [6.07, 6.45) is 2.42. The Labute approximate surface area is 157 Å². The molecule has 142 valence electrons. The molecule has 0 aliphatic heterocycles. The van der Waals surface area contributed by atoms with Crippen LogP contribution in [0.2, 0.25) is 0 Å². The first-order valence-corrected chi connectivity index (χ1v) is 8.31. The summed E-state index contributed by atoms with van der Waals surface area (Å²) < 4.78 is 5.05. The van der Waals surface area contributed by atoms with Crippen LogP contribution >= 0.6 is 0 Å². The molecule has 2 rings (SSSR count). The fourth-order valence-corrected chi connectivity index (χ4v) is 2.02. The van der Waals surface area contributed by atoms with Crippen LogP contribution in [0, 0.1) is 0 Å². The lowest BCUT2D eigenvalue weighted by Crippen LogP contribution is -2.37. The zero-order valence-corrected chi connectivity index (χ0v) is 15.4. The van der Waals surface area contributed by atoms with E-state index in [9.17, 15) is 14.4 Å². The summed E-state index contributed by atoms with van der Waals surface area (Å²) in [6.45, 7) is 5.00. The van der Waals surface area contributed by atoms with Gasteiger partial charge in [0.25, 0.3) is 5.91 Å². The van der Waals surface area contributed by atoms with E-state index in [-0.39, 0.29) is 12.5 Å². The Morgan fingerprint density at radius 2 is 1.48 bits per heavy atom. The van der Waals surface area contributed by atoms with E-state index < -0.39 is 17.6 Å². The Kier molecular flexibility index (Phi) is 6.48. The molecule has 1 heterocycles. The van der Waals surface area contributed by atoms with Crippen LogP contribution in [0.4, 0.5) is 16.2 Å². The van der Waals surface area contributed by atoms with Crippen LogP contribution in [-0.4, -0.2) is 35.0 Å². The number of nitrogens with one attached hydrogen (secondary N) is 3. The second-order valence-electron chi connectivity index (χ2n) is 6.67. The second kappa shape index (κ2) is 8.79. The molecule has 3 amide bonds. The molecule has 2 aromatic rings. The molecule has 0 saturated carbocycles. The largest absolute Gasteiger partial charge is 0.444 e. The molecule has 0 bridgehead atoms. The number of pyridine rings is 1. The van der Waals surface area contributed by atoms with Crippen LogP contribution in [0.5, 0.6) is 0 Å². The van der Waals surface area contributed by atoms with Crippen molar-refractivity contribution in [3.05, 3.63) is 54.4 Å². The summed E-state index contributed by atoms with van der Waals surface area (Å²) in [4.78, 5) is 39.3. The summed E-state index contributed by atoms with van der Waals surface area (Å²) in [5.74, 6) is -0.648. The van der Waals surface area contributed by atoms with Gasteiger partial charge in [0.1, 0.15) is 12.1 Å². The molecule has 0 atom stereocenters. The molecular formula is C19H22N4O4. The Bertz CT molecular complexity index is 799. The second-order valence-corrected chi connectivity index (χ2v) is 6.67. The van der Waals surface area contributed by atoms with Crippen LogP contribution in [0.3, 0.4) is 0 Å². The van der Waals surface area contributed by atoms with Gasteiger partial charge in [-0.1, -0.05) is 0 Å². The number of rotatable bonds is 5. The highest BCUT2D eigenvalue weighted by Crippen LogP contribution is 2.14. The first-order valence-electron chi connectivity index (χ1n) is 8.31. The molecule has 0 aliphatic rings. The highest BCUT2D eigenvalue weighted by Gasteiger charge is 2.16. The predicted molar refractivity (Wildman–Crippen MR) is 101 cm³/mol. The summed E-state index contributed by atoms with van der Waals surface area (Å²) in [5.41, 5.74) is 0.988. The number of nitrogens with zero attached hydrogens (tertiary/aromatic N) is 1. The van der Waals surface area contributed by atoms with Crippen LogP contribution in [0.25, 0.3) is 0 Å². The van der Waals surface area contributed by atoms with E-state index in [1.807, 2.05) is 0 Å². The first-order chi connectivity index (χ1) is 12.7. The lowest BCUT2D eigenvalue weighted by atomic mass is 10.2. The fourth-order valence-electron chi connectivity index (χ4n) is 2.02. The van der Waals surface area contributed by atoms with Gasteiger partial charge in [-0.25, -0.2) is 4.79 Å². The smallest absolute Gasteiger partial charge is 0.408 e. The summed E-state index contributed by atoms with van der Waals surface area (Å²) >= 11 is 0. The van der Waals surface area contributed by atoms with Gasteiger partial charge in [-0.2, -0.15) is 0 Å². The maximum absolute atomic E-state index is 12.1. The first kappa shape index (κ1) is 19.9. The monoisotopic (exact) mass is 370 g/mol. The van der Waals surface area contributed by atoms with Gasteiger partial charge in [-0.05, 0) is 57.2 Å². The minimum Gasteiger partial charge on any atom is -0.444 e. The van der Waals surface area contributed by atoms with Crippen molar-refractivity contribution in [2.45, 2.75) is 26.4 Å². The van der Waals surface area contributed by atoms with Gasteiger partial charge < -0.3 is 20.7 Å². The summed E-state index contributed by atoms with van der Waals surface area (Å²) in [6, 6.07) is 9.84. The number of carbonyl (C=O) groups excluding carboxylic acids is 3. The zero-order valence-electron chi connectivity index (χ0n) is 15.4. The number of carbonyl (C=O) groups is 3. The topological polar surface area (TPSA) is 109 Å². The SMILES string of the molecule is CC(C)(C)OC(=O)NCC(=O)Nc1ccc(NC(=O)c2ccncc2)cc1. The molecule has 8 heteroatoms. The van der Waals surface area contributed by atoms with Crippen molar-refractivity contribution < 1.29 is 19.1 Å². The van der Waals surface area contributed by atoms with E-state index in [0.717, 1.165) is 0 Å². The Balaban J connectivity index is 1.82. The van der Waals surface area contributed by atoms with Gasteiger partial charge in [0.2, 0.25) is 5.91 Å². The molecule has 27 heavy (non-hydrogen) atoms. The highest BCUT2D eigenvalue weighted by atomic mass is 16.6. The molecule has 0 spiro atoms. The Hall–Kier alpha value is -3.42. The highest BCUT2D eigenvalue weighted by molar-refractivity contribution is 6.04. The van der Waals surface area contributed by atoms with Crippen LogP contribution < -0.4 is 16.0 Å². The molecular weight excluding hydrogens is 348 g/mol. The van der Waals surface area contributed by atoms with Crippen LogP contribution in [-0.2, 0) is 9.53 Å². The van der Waals surface area contributed by atoms with E-state index >= 15 is 0 Å². The third-order valence-electron chi connectivity index (χ3n) is 3.16. The van der Waals surface area contributed by atoms with Crippen LogP contribution in [0.15, 0.2) is 48.8 Å². The van der Waals surface area contributed by atoms with Crippen molar-refractivity contribution in [3.63, 3.8) is 0 Å². The summed E-state index contributed by atoms with van der Waals surface area (Å²) in [5, 5.41) is 7.77. The van der Waals surface area contributed by atoms with Gasteiger partial charge in [-0.15, -0.1) is 0 Å². The maximum atomic E-state index is 12.1. The quantitative estimate of drug-likeness (QED) is 0.750. The average Bonchev–Trinajstić information content (AvgIpc) is 2.61. The zero-order chi connectivity index (χ0) is 19.9. The third-order valence-corrected chi connectivity index (χ3v) is 3.16. The van der Waals surface area contributed by atoms with Crippen molar-refractivity contribution in [2.24, 2.45) is 0 Å². The average molecular weight is 370 g/mol.